The first-order valence-electron chi connectivity index (χ1n) is 5.20. The molecule has 0 saturated heterocycles. The molecule has 2 heterocycles. The Balaban J connectivity index is 2.16. The van der Waals surface area contributed by atoms with Gasteiger partial charge in [0.05, 0.1) is 0 Å². The van der Waals surface area contributed by atoms with E-state index in [2.05, 4.69) is 25.8 Å². The quantitative estimate of drug-likeness (QED) is 0.729. The number of aromatic nitrogens is 3. The summed E-state index contributed by atoms with van der Waals surface area (Å²) in [7, 11) is 1.72. The van der Waals surface area contributed by atoms with E-state index in [1.54, 1.807) is 19.2 Å². The smallest absolute Gasteiger partial charge is 0.264 e. The summed E-state index contributed by atoms with van der Waals surface area (Å²) < 4.78 is 0. The van der Waals surface area contributed by atoms with E-state index >= 15 is 0 Å². The molecule has 1 amide bonds. The van der Waals surface area contributed by atoms with Crippen LogP contribution in [-0.4, -0.2) is 28.1 Å². The molecule has 0 saturated carbocycles. The van der Waals surface area contributed by atoms with Crippen LogP contribution in [0.2, 0.25) is 0 Å². The topological polar surface area (TPSA) is 99.8 Å². The highest BCUT2D eigenvalue weighted by Crippen LogP contribution is 2.08. The normalized spacial score (nSPS) is 9.83. The number of hydrogen-bond donors (Lipinski definition) is 3. The van der Waals surface area contributed by atoms with Gasteiger partial charge < -0.3 is 10.6 Å². The van der Waals surface area contributed by atoms with E-state index in [1.807, 2.05) is 0 Å². The molecule has 0 atom stereocenters. The Morgan fingerprint density at radius 3 is 2.78 bits per heavy atom. The standard InChI is InChI=1S/C11H11N5O2/c1-12-9-6-7(4-5-13-9)11(18)14-8-2-3-10(17)16-15-8/h2-6H,1H3,(H,12,13)(H,16,17)(H,14,15,18). The molecule has 0 bridgehead atoms. The molecule has 0 aliphatic rings. The number of H-pyrrole nitrogens is 1. The zero-order valence-corrected chi connectivity index (χ0v) is 9.60. The summed E-state index contributed by atoms with van der Waals surface area (Å²) in [6, 6.07) is 5.91. The van der Waals surface area contributed by atoms with Gasteiger partial charge in [-0.2, -0.15) is 5.10 Å². The number of nitrogens with one attached hydrogen (secondary N) is 3. The van der Waals surface area contributed by atoms with Crippen LogP contribution in [-0.2, 0) is 0 Å². The minimum atomic E-state index is -0.326. The lowest BCUT2D eigenvalue weighted by Crippen LogP contribution is -2.16. The Hall–Kier alpha value is -2.70. The number of pyridine rings is 1. The molecule has 18 heavy (non-hydrogen) atoms. The summed E-state index contributed by atoms with van der Waals surface area (Å²) in [4.78, 5) is 26.7. The molecule has 0 radical (unpaired) electrons. The lowest BCUT2D eigenvalue weighted by molar-refractivity contribution is 0.102. The summed E-state index contributed by atoms with van der Waals surface area (Å²) in [5, 5.41) is 11.3. The van der Waals surface area contributed by atoms with Crippen molar-refractivity contribution in [1.82, 2.24) is 15.2 Å². The van der Waals surface area contributed by atoms with Gasteiger partial charge in [0.25, 0.3) is 11.5 Å². The van der Waals surface area contributed by atoms with Crippen LogP contribution in [0.4, 0.5) is 11.6 Å². The third-order valence-corrected chi connectivity index (χ3v) is 2.20. The van der Waals surface area contributed by atoms with E-state index < -0.39 is 0 Å². The molecule has 0 aliphatic carbocycles. The number of nitrogens with zero attached hydrogens (tertiary/aromatic N) is 2. The fourth-order valence-corrected chi connectivity index (χ4v) is 1.31. The lowest BCUT2D eigenvalue weighted by atomic mass is 10.2. The highest BCUT2D eigenvalue weighted by Gasteiger charge is 2.07. The van der Waals surface area contributed by atoms with Crippen LogP contribution in [0.15, 0.2) is 35.3 Å². The molecule has 3 N–H and O–H groups in total. The highest BCUT2D eigenvalue weighted by atomic mass is 16.2. The van der Waals surface area contributed by atoms with Gasteiger partial charge in [-0.15, -0.1) is 0 Å². The zero-order chi connectivity index (χ0) is 13.0. The van der Waals surface area contributed by atoms with Crippen LogP contribution in [0.5, 0.6) is 0 Å². The second-order valence-corrected chi connectivity index (χ2v) is 3.44. The number of carbonyl (C=O) groups is 1. The first kappa shape index (κ1) is 11.8. The predicted octanol–water partition coefficient (Wildman–Crippen LogP) is 0.459. The minimum absolute atomic E-state index is 0.280. The van der Waals surface area contributed by atoms with Gasteiger partial charge in [-0.25, -0.2) is 10.1 Å². The third kappa shape index (κ3) is 2.70. The first-order chi connectivity index (χ1) is 8.69. The molecular formula is C11H11N5O2. The molecule has 7 nitrogen and oxygen atoms in total. The van der Waals surface area contributed by atoms with Crippen molar-refractivity contribution in [2.75, 3.05) is 17.7 Å². The fraction of sp³-hybridized carbons (Fsp3) is 0.0909. The molecule has 2 rings (SSSR count). The van der Waals surface area contributed by atoms with Gasteiger partial charge in [-0.1, -0.05) is 0 Å². The van der Waals surface area contributed by atoms with Gasteiger partial charge >= 0.3 is 0 Å². The number of amides is 1. The maximum Gasteiger partial charge on any atom is 0.264 e. The van der Waals surface area contributed by atoms with E-state index in [4.69, 9.17) is 0 Å². The molecule has 92 valence electrons. The van der Waals surface area contributed by atoms with Crippen molar-refractivity contribution in [3.63, 3.8) is 0 Å². The third-order valence-electron chi connectivity index (χ3n) is 2.20. The van der Waals surface area contributed by atoms with E-state index in [0.29, 0.717) is 11.4 Å². The number of anilines is 2. The van der Waals surface area contributed by atoms with E-state index in [9.17, 15) is 9.59 Å². The van der Waals surface area contributed by atoms with Gasteiger partial charge in [-0.3, -0.25) is 9.59 Å². The molecule has 0 unspecified atom stereocenters. The van der Waals surface area contributed by atoms with Crippen LogP contribution in [0, 0.1) is 0 Å². The van der Waals surface area contributed by atoms with E-state index in [-0.39, 0.29) is 17.3 Å². The van der Waals surface area contributed by atoms with Crippen LogP contribution in [0.3, 0.4) is 0 Å². The fourth-order valence-electron chi connectivity index (χ4n) is 1.31. The summed E-state index contributed by atoms with van der Waals surface area (Å²) in [6.07, 6.45) is 1.53. The van der Waals surface area contributed by atoms with E-state index in [0.717, 1.165) is 0 Å². The van der Waals surface area contributed by atoms with Crippen molar-refractivity contribution >= 4 is 17.5 Å². The molecule has 0 aromatic carbocycles. The Labute approximate surface area is 102 Å². The van der Waals surface area contributed by atoms with Crippen LogP contribution in [0.25, 0.3) is 0 Å². The predicted molar refractivity (Wildman–Crippen MR) is 66.6 cm³/mol. The van der Waals surface area contributed by atoms with Crippen LogP contribution >= 0.6 is 0 Å². The number of rotatable bonds is 3. The SMILES string of the molecule is CNc1cc(C(=O)Nc2ccc(=O)[nH]n2)ccn1. The second kappa shape index (κ2) is 5.09. The van der Waals surface area contributed by atoms with Gasteiger partial charge in [-0.05, 0) is 18.2 Å². The van der Waals surface area contributed by atoms with Crippen molar-refractivity contribution < 1.29 is 4.79 Å². The Bertz CT molecular complexity index is 602. The number of hydrogen-bond acceptors (Lipinski definition) is 5. The number of carbonyl (C=O) groups excluding carboxylic acids is 1. The molecule has 7 heteroatoms. The monoisotopic (exact) mass is 245 g/mol. The minimum Gasteiger partial charge on any atom is -0.373 e. The highest BCUT2D eigenvalue weighted by molar-refractivity contribution is 6.04. The van der Waals surface area contributed by atoms with Gasteiger partial charge in [0.2, 0.25) is 0 Å². The van der Waals surface area contributed by atoms with Gasteiger partial charge in [0.1, 0.15) is 5.82 Å². The van der Waals surface area contributed by atoms with Crippen LogP contribution < -0.4 is 16.2 Å². The van der Waals surface area contributed by atoms with Crippen molar-refractivity contribution in [2.45, 2.75) is 0 Å². The average Bonchev–Trinajstić information content (AvgIpc) is 2.41. The molecule has 2 aromatic rings. The van der Waals surface area contributed by atoms with Crippen molar-refractivity contribution in [1.29, 1.82) is 0 Å². The molecule has 0 spiro atoms. The summed E-state index contributed by atoms with van der Waals surface area (Å²) >= 11 is 0. The maximum absolute atomic E-state index is 11.9. The molecule has 0 aliphatic heterocycles. The Morgan fingerprint density at radius 2 is 2.11 bits per heavy atom. The Kier molecular flexibility index (Phi) is 3.33. The van der Waals surface area contributed by atoms with Crippen molar-refractivity contribution in [3.8, 4) is 0 Å². The average molecular weight is 245 g/mol. The van der Waals surface area contributed by atoms with Crippen LogP contribution in [0.1, 0.15) is 10.4 Å². The van der Waals surface area contributed by atoms with Gasteiger partial charge in [0, 0.05) is 24.9 Å². The summed E-state index contributed by atoms with van der Waals surface area (Å²) in [5.41, 5.74) is 0.122. The largest absolute Gasteiger partial charge is 0.373 e. The zero-order valence-electron chi connectivity index (χ0n) is 9.60. The second-order valence-electron chi connectivity index (χ2n) is 3.44. The van der Waals surface area contributed by atoms with Gasteiger partial charge in [0.15, 0.2) is 5.82 Å². The van der Waals surface area contributed by atoms with Crippen molar-refractivity contribution in [2.24, 2.45) is 0 Å². The summed E-state index contributed by atoms with van der Waals surface area (Å²) in [6.45, 7) is 0. The first-order valence-corrected chi connectivity index (χ1v) is 5.20. The Morgan fingerprint density at radius 1 is 1.28 bits per heavy atom. The van der Waals surface area contributed by atoms with E-state index in [1.165, 1.54) is 18.3 Å². The molecule has 0 fully saturated rings. The number of aromatic amines is 1. The lowest BCUT2D eigenvalue weighted by Gasteiger charge is -2.05. The van der Waals surface area contributed by atoms with Crippen molar-refractivity contribution in [3.05, 3.63) is 46.4 Å². The molecule has 2 aromatic heterocycles. The maximum atomic E-state index is 11.9. The molecular weight excluding hydrogens is 234 g/mol. The summed E-state index contributed by atoms with van der Waals surface area (Å²) in [5.74, 6) is 0.549.